The van der Waals surface area contributed by atoms with E-state index in [4.69, 9.17) is 4.74 Å². The van der Waals surface area contributed by atoms with Crippen molar-refractivity contribution in [2.75, 3.05) is 13.7 Å². The van der Waals surface area contributed by atoms with E-state index < -0.39 is 5.82 Å². The molecule has 0 unspecified atom stereocenters. The number of rotatable bonds is 5. The number of ether oxygens (including phenoxy) is 1. The molecule has 27 heavy (non-hydrogen) atoms. The van der Waals surface area contributed by atoms with Crippen LogP contribution in [-0.4, -0.2) is 50.7 Å². The van der Waals surface area contributed by atoms with Gasteiger partial charge in [0.15, 0.2) is 11.6 Å². The van der Waals surface area contributed by atoms with E-state index in [0.717, 1.165) is 17.7 Å². The molecule has 7 nitrogen and oxygen atoms in total. The molecular weight excluding hydrogens is 369 g/mol. The lowest BCUT2D eigenvalue weighted by molar-refractivity contribution is 0.0717. The highest BCUT2D eigenvalue weighted by atomic mass is 32.1. The molecule has 1 aromatic carbocycles. The van der Waals surface area contributed by atoms with Crippen LogP contribution in [0.25, 0.3) is 10.7 Å². The Labute approximate surface area is 159 Å². The molecule has 0 radical (unpaired) electrons. The number of methoxy groups -OCH3 is 1. The molecule has 0 spiro atoms. The van der Waals surface area contributed by atoms with E-state index in [1.807, 2.05) is 17.5 Å². The maximum absolute atomic E-state index is 14.0. The fourth-order valence-electron chi connectivity index (χ4n) is 3.27. The summed E-state index contributed by atoms with van der Waals surface area (Å²) in [6.07, 6.45) is 1.74. The molecule has 0 aliphatic carbocycles. The van der Waals surface area contributed by atoms with Crippen molar-refractivity contribution in [3.05, 3.63) is 47.1 Å². The van der Waals surface area contributed by atoms with Crippen LogP contribution in [0, 0.1) is 5.82 Å². The van der Waals surface area contributed by atoms with Crippen LogP contribution in [0.4, 0.5) is 4.39 Å². The topological polar surface area (TPSA) is 73.1 Å². The zero-order valence-electron chi connectivity index (χ0n) is 14.7. The van der Waals surface area contributed by atoms with Crippen LogP contribution in [0.5, 0.6) is 5.75 Å². The van der Waals surface area contributed by atoms with E-state index in [1.165, 1.54) is 24.0 Å². The molecule has 0 saturated carbocycles. The van der Waals surface area contributed by atoms with Gasteiger partial charge in [-0.2, -0.15) is 4.80 Å². The van der Waals surface area contributed by atoms with Gasteiger partial charge in [-0.25, -0.2) is 4.39 Å². The van der Waals surface area contributed by atoms with Crippen LogP contribution in [0.15, 0.2) is 35.7 Å². The Bertz CT molecular complexity index is 943. The molecule has 1 aliphatic rings. The minimum absolute atomic E-state index is 0.0481. The SMILES string of the molecule is COc1ccc(C(=O)N2CCC[C@@H]2Cn2nnc(-c3cccs3)n2)cc1F. The molecular formula is C18H18FN5O2S. The molecule has 3 heterocycles. The van der Waals surface area contributed by atoms with Crippen molar-refractivity contribution in [2.24, 2.45) is 0 Å². The second kappa shape index (κ2) is 7.43. The van der Waals surface area contributed by atoms with Crippen LogP contribution in [0.1, 0.15) is 23.2 Å². The van der Waals surface area contributed by atoms with Gasteiger partial charge >= 0.3 is 0 Å². The van der Waals surface area contributed by atoms with Crippen molar-refractivity contribution in [1.29, 1.82) is 0 Å². The number of hydrogen-bond donors (Lipinski definition) is 0. The molecule has 1 atom stereocenters. The average Bonchev–Trinajstić information content (AvgIpc) is 3.43. The summed E-state index contributed by atoms with van der Waals surface area (Å²) in [5.41, 5.74) is 0.311. The molecule has 0 bridgehead atoms. The van der Waals surface area contributed by atoms with Crippen LogP contribution in [0.2, 0.25) is 0 Å². The monoisotopic (exact) mass is 387 g/mol. The predicted octanol–water partition coefficient (Wildman–Crippen LogP) is 2.85. The number of carbonyl (C=O) groups is 1. The Morgan fingerprint density at radius 2 is 2.30 bits per heavy atom. The first-order valence-electron chi connectivity index (χ1n) is 8.62. The first-order chi connectivity index (χ1) is 13.2. The first kappa shape index (κ1) is 17.6. The van der Waals surface area contributed by atoms with Gasteiger partial charge in [0.1, 0.15) is 0 Å². The summed E-state index contributed by atoms with van der Waals surface area (Å²) >= 11 is 1.55. The third-order valence-electron chi connectivity index (χ3n) is 4.61. The Morgan fingerprint density at radius 1 is 1.41 bits per heavy atom. The van der Waals surface area contributed by atoms with E-state index >= 15 is 0 Å². The summed E-state index contributed by atoms with van der Waals surface area (Å²) in [7, 11) is 1.39. The zero-order chi connectivity index (χ0) is 18.8. The van der Waals surface area contributed by atoms with Crippen molar-refractivity contribution in [2.45, 2.75) is 25.4 Å². The van der Waals surface area contributed by atoms with Crippen LogP contribution in [0.3, 0.4) is 0 Å². The summed E-state index contributed by atoms with van der Waals surface area (Å²) in [5.74, 6) is -0.0363. The molecule has 0 N–H and O–H groups in total. The second-order valence-electron chi connectivity index (χ2n) is 6.29. The minimum Gasteiger partial charge on any atom is -0.494 e. The number of amides is 1. The zero-order valence-corrected chi connectivity index (χ0v) is 15.5. The van der Waals surface area contributed by atoms with Gasteiger partial charge in [0.05, 0.1) is 24.6 Å². The maximum atomic E-state index is 14.0. The number of hydrogen-bond acceptors (Lipinski definition) is 6. The van der Waals surface area contributed by atoms with Crippen molar-refractivity contribution in [3.63, 3.8) is 0 Å². The van der Waals surface area contributed by atoms with Gasteiger partial charge in [-0.05, 0) is 47.7 Å². The lowest BCUT2D eigenvalue weighted by Gasteiger charge is -2.24. The Morgan fingerprint density at radius 3 is 3.04 bits per heavy atom. The van der Waals surface area contributed by atoms with Gasteiger partial charge in [0.25, 0.3) is 5.91 Å². The van der Waals surface area contributed by atoms with Crippen LogP contribution >= 0.6 is 11.3 Å². The van der Waals surface area contributed by atoms with Crippen molar-refractivity contribution >= 4 is 17.2 Å². The molecule has 9 heteroatoms. The number of tetrazole rings is 1. The van der Waals surface area contributed by atoms with Gasteiger partial charge in [0.2, 0.25) is 5.82 Å². The summed E-state index contributed by atoms with van der Waals surface area (Å²) in [6, 6.07) is 8.11. The van der Waals surface area contributed by atoms with Crippen LogP contribution < -0.4 is 4.74 Å². The highest BCUT2D eigenvalue weighted by Crippen LogP contribution is 2.24. The third kappa shape index (κ3) is 3.55. The number of nitrogens with zero attached hydrogens (tertiary/aromatic N) is 5. The Hall–Kier alpha value is -2.81. The van der Waals surface area contributed by atoms with Crippen molar-refractivity contribution in [3.8, 4) is 16.5 Å². The molecule has 1 saturated heterocycles. The van der Waals surface area contributed by atoms with Crippen molar-refractivity contribution < 1.29 is 13.9 Å². The first-order valence-corrected chi connectivity index (χ1v) is 9.50. The summed E-state index contributed by atoms with van der Waals surface area (Å²) in [4.78, 5) is 17.1. The number of thiophene rings is 1. The van der Waals surface area contributed by atoms with E-state index in [9.17, 15) is 9.18 Å². The molecule has 1 aliphatic heterocycles. The van der Waals surface area contributed by atoms with Gasteiger partial charge in [0, 0.05) is 12.1 Å². The number of carbonyl (C=O) groups excluding carboxylic acids is 1. The van der Waals surface area contributed by atoms with Gasteiger partial charge < -0.3 is 9.64 Å². The number of benzene rings is 1. The highest BCUT2D eigenvalue weighted by molar-refractivity contribution is 7.13. The number of likely N-dealkylation sites (tertiary alicyclic amines) is 1. The number of halogens is 1. The van der Waals surface area contributed by atoms with E-state index in [2.05, 4.69) is 15.4 Å². The van der Waals surface area contributed by atoms with Crippen LogP contribution in [-0.2, 0) is 6.54 Å². The molecule has 1 amide bonds. The van der Waals surface area contributed by atoms with Gasteiger partial charge in [-0.1, -0.05) is 6.07 Å². The lowest BCUT2D eigenvalue weighted by atomic mass is 10.1. The summed E-state index contributed by atoms with van der Waals surface area (Å²) in [5, 5.41) is 14.6. The quantitative estimate of drug-likeness (QED) is 0.673. The maximum Gasteiger partial charge on any atom is 0.254 e. The fraction of sp³-hybridized carbons (Fsp3) is 0.333. The summed E-state index contributed by atoms with van der Waals surface area (Å²) in [6.45, 7) is 1.09. The predicted molar refractivity (Wildman–Crippen MR) is 98.1 cm³/mol. The fourth-order valence-corrected chi connectivity index (χ4v) is 3.92. The second-order valence-corrected chi connectivity index (χ2v) is 7.24. The molecule has 2 aromatic heterocycles. The molecule has 3 aromatic rings. The largest absolute Gasteiger partial charge is 0.494 e. The molecule has 4 rings (SSSR count). The smallest absolute Gasteiger partial charge is 0.254 e. The van der Waals surface area contributed by atoms with Crippen molar-refractivity contribution in [1.82, 2.24) is 25.1 Å². The van der Waals surface area contributed by atoms with E-state index in [1.54, 1.807) is 22.3 Å². The molecule has 1 fully saturated rings. The Balaban J connectivity index is 1.49. The van der Waals surface area contributed by atoms with E-state index in [0.29, 0.717) is 24.5 Å². The minimum atomic E-state index is -0.544. The van der Waals surface area contributed by atoms with Gasteiger partial charge in [-0.3, -0.25) is 4.79 Å². The molecule has 140 valence electrons. The standard InChI is InChI=1S/C18H18FN5O2S/c1-26-15-7-6-12(10-14(15)19)18(25)23-8-2-4-13(23)11-24-21-17(20-22-24)16-5-3-9-27-16/h3,5-7,9-10,13H,2,4,8,11H2,1H3/t13-/m1/s1. The normalized spacial score (nSPS) is 16.7. The Kier molecular flexibility index (Phi) is 4.85. The summed E-state index contributed by atoms with van der Waals surface area (Å²) < 4.78 is 18.9. The van der Waals surface area contributed by atoms with E-state index in [-0.39, 0.29) is 17.7 Å². The average molecular weight is 387 g/mol. The third-order valence-corrected chi connectivity index (χ3v) is 5.47. The van der Waals surface area contributed by atoms with Gasteiger partial charge in [-0.15, -0.1) is 21.5 Å². The lowest BCUT2D eigenvalue weighted by Crippen LogP contribution is -2.38. The number of aromatic nitrogens is 4. The highest BCUT2D eigenvalue weighted by Gasteiger charge is 2.30.